The van der Waals surface area contributed by atoms with Gasteiger partial charge in [0, 0.05) is 25.0 Å². The second-order valence-corrected chi connectivity index (χ2v) is 3.81. The molecule has 6 heteroatoms. The topological polar surface area (TPSA) is 87.8 Å². The number of anilines is 2. The van der Waals surface area contributed by atoms with Gasteiger partial charge in [0.05, 0.1) is 19.8 Å². The SMILES string of the molecule is CN(CCOCCO)C(=O)Nc1cccc(N)c1. The number of benzene rings is 1. The molecule has 0 bridgehead atoms. The van der Waals surface area contributed by atoms with Crippen LogP contribution in [0.25, 0.3) is 0 Å². The Morgan fingerprint density at radius 3 is 2.94 bits per heavy atom. The van der Waals surface area contributed by atoms with E-state index in [0.717, 1.165) is 0 Å². The molecule has 0 aliphatic rings. The first kappa shape index (κ1) is 14.3. The Balaban J connectivity index is 2.35. The number of carbonyl (C=O) groups excluding carboxylic acids is 1. The fraction of sp³-hybridized carbons (Fsp3) is 0.417. The highest BCUT2D eigenvalue weighted by atomic mass is 16.5. The summed E-state index contributed by atoms with van der Waals surface area (Å²) in [6.45, 7) is 1.11. The van der Waals surface area contributed by atoms with E-state index >= 15 is 0 Å². The maximum atomic E-state index is 11.8. The number of rotatable bonds is 6. The maximum absolute atomic E-state index is 11.8. The highest BCUT2D eigenvalue weighted by Gasteiger charge is 2.08. The van der Waals surface area contributed by atoms with Gasteiger partial charge in [-0.25, -0.2) is 4.79 Å². The van der Waals surface area contributed by atoms with Crippen molar-refractivity contribution in [1.82, 2.24) is 4.90 Å². The third kappa shape index (κ3) is 5.03. The maximum Gasteiger partial charge on any atom is 0.321 e. The predicted octanol–water partition coefficient (Wildman–Crippen LogP) is 0.741. The third-order valence-corrected chi connectivity index (χ3v) is 2.29. The smallest absolute Gasteiger partial charge is 0.321 e. The van der Waals surface area contributed by atoms with Crippen LogP contribution in [-0.2, 0) is 4.74 Å². The van der Waals surface area contributed by atoms with Crippen LogP contribution in [0.1, 0.15) is 0 Å². The Morgan fingerprint density at radius 1 is 1.50 bits per heavy atom. The molecule has 0 aliphatic heterocycles. The van der Waals surface area contributed by atoms with E-state index in [0.29, 0.717) is 24.5 Å². The predicted molar refractivity (Wildman–Crippen MR) is 70.4 cm³/mol. The Morgan fingerprint density at radius 2 is 2.28 bits per heavy atom. The average Bonchev–Trinajstić information content (AvgIpc) is 2.34. The van der Waals surface area contributed by atoms with Gasteiger partial charge in [0.2, 0.25) is 0 Å². The first-order chi connectivity index (χ1) is 8.63. The number of nitrogen functional groups attached to an aromatic ring is 1. The lowest BCUT2D eigenvalue weighted by Crippen LogP contribution is -2.34. The van der Waals surface area contributed by atoms with Gasteiger partial charge in [0.1, 0.15) is 0 Å². The van der Waals surface area contributed by atoms with Gasteiger partial charge < -0.3 is 25.8 Å². The van der Waals surface area contributed by atoms with Crippen LogP contribution in [0.3, 0.4) is 0 Å². The zero-order valence-electron chi connectivity index (χ0n) is 10.4. The summed E-state index contributed by atoms with van der Waals surface area (Å²) in [6.07, 6.45) is 0. The summed E-state index contributed by atoms with van der Waals surface area (Å²) in [4.78, 5) is 13.3. The largest absolute Gasteiger partial charge is 0.399 e. The van der Waals surface area contributed by atoms with Crippen molar-refractivity contribution in [3.8, 4) is 0 Å². The summed E-state index contributed by atoms with van der Waals surface area (Å²) in [5.74, 6) is 0. The molecule has 1 aromatic rings. The molecule has 6 nitrogen and oxygen atoms in total. The van der Waals surface area contributed by atoms with Gasteiger partial charge in [0.25, 0.3) is 0 Å². The van der Waals surface area contributed by atoms with Gasteiger partial charge in [-0.3, -0.25) is 0 Å². The molecule has 1 aromatic carbocycles. The number of ether oxygens (including phenoxy) is 1. The van der Waals surface area contributed by atoms with E-state index < -0.39 is 0 Å². The number of likely N-dealkylation sites (N-methyl/N-ethyl adjacent to an activating group) is 1. The van der Waals surface area contributed by atoms with Crippen molar-refractivity contribution in [3.63, 3.8) is 0 Å². The van der Waals surface area contributed by atoms with Crippen molar-refractivity contribution in [1.29, 1.82) is 0 Å². The Kier molecular flexibility index (Phi) is 5.96. The monoisotopic (exact) mass is 253 g/mol. The highest BCUT2D eigenvalue weighted by Crippen LogP contribution is 2.12. The molecule has 0 atom stereocenters. The quantitative estimate of drug-likeness (QED) is 0.515. The van der Waals surface area contributed by atoms with Gasteiger partial charge in [-0.15, -0.1) is 0 Å². The van der Waals surface area contributed by atoms with E-state index in [-0.39, 0.29) is 19.2 Å². The number of nitrogens with one attached hydrogen (secondary N) is 1. The van der Waals surface area contributed by atoms with Crippen LogP contribution in [-0.4, -0.2) is 49.5 Å². The highest BCUT2D eigenvalue weighted by molar-refractivity contribution is 5.89. The number of hydrogen-bond acceptors (Lipinski definition) is 4. The van der Waals surface area contributed by atoms with Gasteiger partial charge in [0.15, 0.2) is 0 Å². The standard InChI is InChI=1S/C12H19N3O3/c1-15(5-7-18-8-6-16)12(17)14-11-4-2-3-10(13)9-11/h2-4,9,16H,5-8,13H2,1H3,(H,14,17). The number of hydrogen-bond donors (Lipinski definition) is 3. The third-order valence-electron chi connectivity index (χ3n) is 2.29. The Bertz CT molecular complexity index is 385. The van der Waals surface area contributed by atoms with Crippen LogP contribution in [0.2, 0.25) is 0 Å². The number of aliphatic hydroxyl groups excluding tert-OH is 1. The lowest BCUT2D eigenvalue weighted by molar-refractivity contribution is 0.0833. The molecule has 4 N–H and O–H groups in total. The van der Waals surface area contributed by atoms with Crippen LogP contribution in [0.4, 0.5) is 16.2 Å². The molecule has 0 unspecified atom stereocenters. The van der Waals surface area contributed by atoms with E-state index in [9.17, 15) is 4.79 Å². The van der Waals surface area contributed by atoms with Crippen molar-refractivity contribution in [2.24, 2.45) is 0 Å². The minimum absolute atomic E-state index is 0.0147. The van der Waals surface area contributed by atoms with Gasteiger partial charge in [-0.05, 0) is 18.2 Å². The fourth-order valence-electron chi connectivity index (χ4n) is 1.30. The van der Waals surface area contributed by atoms with E-state index in [1.165, 1.54) is 4.90 Å². The molecule has 0 saturated carbocycles. The lowest BCUT2D eigenvalue weighted by Gasteiger charge is -2.18. The van der Waals surface area contributed by atoms with E-state index in [4.69, 9.17) is 15.6 Å². The minimum atomic E-state index is -0.229. The van der Waals surface area contributed by atoms with E-state index in [1.807, 2.05) is 0 Å². The van der Waals surface area contributed by atoms with Crippen molar-refractivity contribution < 1.29 is 14.6 Å². The van der Waals surface area contributed by atoms with E-state index in [2.05, 4.69) is 5.32 Å². The summed E-state index contributed by atoms with van der Waals surface area (Å²) >= 11 is 0. The van der Waals surface area contributed by atoms with Crippen molar-refractivity contribution in [2.75, 3.05) is 44.5 Å². The second-order valence-electron chi connectivity index (χ2n) is 3.81. The molecule has 100 valence electrons. The molecule has 0 aliphatic carbocycles. The van der Waals surface area contributed by atoms with Gasteiger partial charge in [-0.2, -0.15) is 0 Å². The summed E-state index contributed by atoms with van der Waals surface area (Å²) in [7, 11) is 1.67. The van der Waals surface area contributed by atoms with Crippen LogP contribution in [0, 0.1) is 0 Å². The molecule has 0 saturated heterocycles. The minimum Gasteiger partial charge on any atom is -0.399 e. The molecule has 0 heterocycles. The zero-order valence-corrected chi connectivity index (χ0v) is 10.4. The molecule has 18 heavy (non-hydrogen) atoms. The number of carbonyl (C=O) groups is 1. The molecule has 0 spiro atoms. The summed E-state index contributed by atoms with van der Waals surface area (Å²) in [5, 5.41) is 11.3. The van der Waals surface area contributed by atoms with Crippen molar-refractivity contribution >= 4 is 17.4 Å². The first-order valence-corrected chi connectivity index (χ1v) is 5.69. The second kappa shape index (κ2) is 7.52. The lowest BCUT2D eigenvalue weighted by atomic mass is 10.3. The number of urea groups is 1. The Hall–Kier alpha value is -1.79. The zero-order chi connectivity index (χ0) is 13.4. The summed E-state index contributed by atoms with van der Waals surface area (Å²) in [5.41, 5.74) is 6.87. The van der Waals surface area contributed by atoms with E-state index in [1.54, 1.807) is 31.3 Å². The molecular weight excluding hydrogens is 234 g/mol. The summed E-state index contributed by atoms with van der Waals surface area (Å²) in [6, 6.07) is 6.75. The molecule has 2 amide bonds. The number of aliphatic hydroxyl groups is 1. The Labute approximate surface area is 106 Å². The molecule has 0 aromatic heterocycles. The molecule has 0 radical (unpaired) electrons. The number of nitrogens with zero attached hydrogens (tertiary/aromatic N) is 1. The normalized spacial score (nSPS) is 10.1. The fourth-order valence-corrected chi connectivity index (χ4v) is 1.30. The molecular formula is C12H19N3O3. The van der Waals surface area contributed by atoms with Crippen molar-refractivity contribution in [3.05, 3.63) is 24.3 Å². The van der Waals surface area contributed by atoms with Crippen LogP contribution in [0.15, 0.2) is 24.3 Å². The first-order valence-electron chi connectivity index (χ1n) is 5.69. The van der Waals surface area contributed by atoms with Crippen LogP contribution >= 0.6 is 0 Å². The summed E-state index contributed by atoms with van der Waals surface area (Å²) < 4.78 is 5.08. The molecule has 1 rings (SSSR count). The number of nitrogens with two attached hydrogens (primary N) is 1. The van der Waals surface area contributed by atoms with Crippen LogP contribution in [0.5, 0.6) is 0 Å². The van der Waals surface area contributed by atoms with Crippen molar-refractivity contribution in [2.45, 2.75) is 0 Å². The van der Waals surface area contributed by atoms with Gasteiger partial charge in [-0.1, -0.05) is 6.07 Å². The van der Waals surface area contributed by atoms with Gasteiger partial charge >= 0.3 is 6.03 Å². The average molecular weight is 253 g/mol. The van der Waals surface area contributed by atoms with Crippen LogP contribution < -0.4 is 11.1 Å². The molecule has 0 fully saturated rings. The number of amides is 2.